The summed E-state index contributed by atoms with van der Waals surface area (Å²) >= 11 is 1.77. The number of nitrogens with two attached hydrogens (primary N) is 1. The Morgan fingerprint density at radius 3 is 2.56 bits per heavy atom. The van der Waals surface area contributed by atoms with Gasteiger partial charge in [0.2, 0.25) is 0 Å². The van der Waals surface area contributed by atoms with Gasteiger partial charge in [-0.3, -0.25) is 0 Å². The van der Waals surface area contributed by atoms with Crippen LogP contribution in [0.3, 0.4) is 0 Å². The van der Waals surface area contributed by atoms with Crippen molar-refractivity contribution in [2.45, 2.75) is 37.0 Å². The van der Waals surface area contributed by atoms with Crippen molar-refractivity contribution >= 4 is 11.8 Å². The molecule has 1 heterocycles. The Balaban J connectivity index is 2.27. The molecule has 1 aromatic heterocycles. The number of aryl methyl sites for hydroxylation is 2. The molecular formula is C15H19NOS. The average Bonchev–Trinajstić information content (AvgIpc) is 2.71. The predicted octanol–water partition coefficient (Wildman–Crippen LogP) is 4.08. The minimum Gasteiger partial charge on any atom is -0.468 e. The molecule has 2 rings (SSSR count). The zero-order valence-corrected chi connectivity index (χ0v) is 11.8. The van der Waals surface area contributed by atoms with Gasteiger partial charge in [-0.05, 0) is 32.4 Å². The molecule has 0 bridgehead atoms. The number of furan rings is 1. The Morgan fingerprint density at radius 2 is 2.00 bits per heavy atom. The van der Waals surface area contributed by atoms with E-state index in [9.17, 15) is 0 Å². The molecule has 2 nitrogen and oxygen atoms in total. The second-order valence-electron chi connectivity index (χ2n) is 4.65. The van der Waals surface area contributed by atoms with Crippen LogP contribution in [-0.2, 0) is 0 Å². The lowest BCUT2D eigenvalue weighted by Gasteiger charge is -2.20. The SMILES string of the molecule is Cc1cccc(C(Sc2ccoc2C)C(C)N)c1. The fourth-order valence-electron chi connectivity index (χ4n) is 1.96. The molecule has 0 amide bonds. The van der Waals surface area contributed by atoms with Gasteiger partial charge in [0.15, 0.2) is 0 Å². The van der Waals surface area contributed by atoms with Crippen molar-refractivity contribution in [3.05, 3.63) is 53.5 Å². The van der Waals surface area contributed by atoms with E-state index >= 15 is 0 Å². The lowest BCUT2D eigenvalue weighted by atomic mass is 10.0. The van der Waals surface area contributed by atoms with Crippen molar-refractivity contribution in [1.82, 2.24) is 0 Å². The van der Waals surface area contributed by atoms with Gasteiger partial charge in [-0.15, -0.1) is 11.8 Å². The Morgan fingerprint density at radius 1 is 1.22 bits per heavy atom. The van der Waals surface area contributed by atoms with Crippen LogP contribution in [0.1, 0.15) is 29.1 Å². The maximum atomic E-state index is 6.13. The summed E-state index contributed by atoms with van der Waals surface area (Å²) < 4.78 is 5.34. The molecule has 2 atom stereocenters. The Kier molecular flexibility index (Phi) is 4.15. The molecule has 0 saturated carbocycles. The summed E-state index contributed by atoms with van der Waals surface area (Å²) in [6.45, 7) is 6.14. The van der Waals surface area contributed by atoms with Gasteiger partial charge in [0.05, 0.1) is 6.26 Å². The summed E-state index contributed by atoms with van der Waals surface area (Å²) in [5.74, 6) is 0.957. The third-order valence-electron chi connectivity index (χ3n) is 2.91. The third kappa shape index (κ3) is 2.98. The first-order valence-corrected chi connectivity index (χ1v) is 6.99. The highest BCUT2D eigenvalue weighted by Gasteiger charge is 2.19. The molecule has 0 aliphatic rings. The summed E-state index contributed by atoms with van der Waals surface area (Å²) in [7, 11) is 0. The topological polar surface area (TPSA) is 39.2 Å². The van der Waals surface area contributed by atoms with Crippen LogP contribution >= 0.6 is 11.8 Å². The maximum absolute atomic E-state index is 6.13. The monoisotopic (exact) mass is 261 g/mol. The van der Waals surface area contributed by atoms with E-state index in [1.54, 1.807) is 18.0 Å². The molecule has 0 spiro atoms. The molecule has 0 fully saturated rings. The van der Waals surface area contributed by atoms with Gasteiger partial charge >= 0.3 is 0 Å². The molecular weight excluding hydrogens is 242 g/mol. The van der Waals surface area contributed by atoms with Crippen LogP contribution in [0.15, 0.2) is 45.9 Å². The van der Waals surface area contributed by atoms with Crippen molar-refractivity contribution in [2.24, 2.45) is 5.73 Å². The fraction of sp³-hybridized carbons (Fsp3) is 0.333. The van der Waals surface area contributed by atoms with Gasteiger partial charge in [0.25, 0.3) is 0 Å². The number of hydrogen-bond donors (Lipinski definition) is 1. The highest BCUT2D eigenvalue weighted by Crippen LogP contribution is 2.39. The van der Waals surface area contributed by atoms with E-state index in [-0.39, 0.29) is 11.3 Å². The normalized spacial score (nSPS) is 14.4. The van der Waals surface area contributed by atoms with Crippen LogP contribution < -0.4 is 5.73 Å². The zero-order valence-electron chi connectivity index (χ0n) is 11.0. The molecule has 2 aromatic rings. The summed E-state index contributed by atoms with van der Waals surface area (Å²) in [4.78, 5) is 1.17. The minimum atomic E-state index is 0.0890. The first-order chi connectivity index (χ1) is 8.58. The molecule has 18 heavy (non-hydrogen) atoms. The van der Waals surface area contributed by atoms with Gasteiger partial charge in [0, 0.05) is 16.2 Å². The van der Waals surface area contributed by atoms with E-state index in [2.05, 4.69) is 38.1 Å². The average molecular weight is 261 g/mol. The molecule has 2 unspecified atom stereocenters. The molecule has 2 N–H and O–H groups in total. The first-order valence-electron chi connectivity index (χ1n) is 6.11. The molecule has 0 aliphatic heterocycles. The predicted molar refractivity (Wildman–Crippen MR) is 76.9 cm³/mol. The van der Waals surface area contributed by atoms with Crippen molar-refractivity contribution < 1.29 is 4.42 Å². The standard InChI is InChI=1S/C15H19NOS/c1-10-5-4-6-13(9-10)15(11(2)16)18-14-7-8-17-12(14)3/h4-9,11,15H,16H2,1-3H3. The third-order valence-corrected chi connectivity index (χ3v) is 4.55. The Hall–Kier alpha value is -1.19. The van der Waals surface area contributed by atoms with Gasteiger partial charge < -0.3 is 10.2 Å². The smallest absolute Gasteiger partial charge is 0.114 e. The lowest BCUT2D eigenvalue weighted by molar-refractivity contribution is 0.526. The van der Waals surface area contributed by atoms with E-state index in [0.717, 1.165) is 5.76 Å². The summed E-state index contributed by atoms with van der Waals surface area (Å²) in [5.41, 5.74) is 8.67. The molecule has 96 valence electrons. The zero-order chi connectivity index (χ0) is 13.1. The minimum absolute atomic E-state index is 0.0890. The van der Waals surface area contributed by atoms with Crippen LogP contribution in [0.5, 0.6) is 0 Å². The number of hydrogen-bond acceptors (Lipinski definition) is 3. The Bertz CT molecular complexity index is 519. The highest BCUT2D eigenvalue weighted by molar-refractivity contribution is 7.99. The van der Waals surface area contributed by atoms with Crippen LogP contribution in [-0.4, -0.2) is 6.04 Å². The number of rotatable bonds is 4. The van der Waals surface area contributed by atoms with Crippen LogP contribution in [0, 0.1) is 13.8 Å². The van der Waals surface area contributed by atoms with E-state index in [1.807, 2.05) is 13.0 Å². The molecule has 0 aliphatic carbocycles. The largest absolute Gasteiger partial charge is 0.468 e. The van der Waals surface area contributed by atoms with Crippen molar-refractivity contribution in [1.29, 1.82) is 0 Å². The number of benzene rings is 1. The summed E-state index contributed by atoms with van der Waals surface area (Å²) in [6, 6.07) is 10.6. The van der Waals surface area contributed by atoms with Crippen molar-refractivity contribution in [3.63, 3.8) is 0 Å². The molecule has 0 radical (unpaired) electrons. The molecule has 0 saturated heterocycles. The van der Waals surface area contributed by atoms with E-state index in [1.165, 1.54) is 16.0 Å². The second kappa shape index (κ2) is 5.63. The van der Waals surface area contributed by atoms with Gasteiger partial charge in [0.1, 0.15) is 5.76 Å². The van der Waals surface area contributed by atoms with Crippen LogP contribution in [0.2, 0.25) is 0 Å². The molecule has 3 heteroatoms. The Labute approximate surface area is 113 Å². The van der Waals surface area contributed by atoms with E-state index in [0.29, 0.717) is 0 Å². The first kappa shape index (κ1) is 13.2. The van der Waals surface area contributed by atoms with E-state index in [4.69, 9.17) is 10.2 Å². The van der Waals surface area contributed by atoms with Crippen molar-refractivity contribution in [2.75, 3.05) is 0 Å². The van der Waals surface area contributed by atoms with Gasteiger partial charge in [-0.2, -0.15) is 0 Å². The van der Waals surface area contributed by atoms with Crippen molar-refractivity contribution in [3.8, 4) is 0 Å². The maximum Gasteiger partial charge on any atom is 0.114 e. The van der Waals surface area contributed by atoms with Gasteiger partial charge in [-0.25, -0.2) is 0 Å². The molecule has 1 aromatic carbocycles. The number of thioether (sulfide) groups is 1. The van der Waals surface area contributed by atoms with Crippen LogP contribution in [0.4, 0.5) is 0 Å². The summed E-state index contributed by atoms with van der Waals surface area (Å²) in [5, 5.41) is 0.251. The van der Waals surface area contributed by atoms with E-state index < -0.39 is 0 Å². The second-order valence-corrected chi connectivity index (χ2v) is 5.84. The lowest BCUT2D eigenvalue weighted by Crippen LogP contribution is -2.22. The highest BCUT2D eigenvalue weighted by atomic mass is 32.2. The van der Waals surface area contributed by atoms with Gasteiger partial charge in [-0.1, -0.05) is 29.8 Å². The van der Waals surface area contributed by atoms with Crippen LogP contribution in [0.25, 0.3) is 0 Å². The fourth-order valence-corrected chi connectivity index (χ4v) is 3.08. The quantitative estimate of drug-likeness (QED) is 0.843. The summed E-state index contributed by atoms with van der Waals surface area (Å²) in [6.07, 6.45) is 1.73.